The minimum Gasteiger partial charge on any atom is -0.455 e. The molecule has 0 aromatic heterocycles. The molecule has 4 rings (SSSR count). The van der Waals surface area contributed by atoms with Crippen LogP contribution in [0.25, 0.3) is 0 Å². The van der Waals surface area contributed by atoms with E-state index in [1.165, 1.54) is 4.90 Å². The van der Waals surface area contributed by atoms with Crippen molar-refractivity contribution in [3.8, 4) is 0 Å². The Balaban J connectivity index is 1.76. The van der Waals surface area contributed by atoms with E-state index in [4.69, 9.17) is 9.47 Å². The molecule has 2 bridgehead atoms. The van der Waals surface area contributed by atoms with Gasteiger partial charge in [-0.3, -0.25) is 19.2 Å². The number of allylic oxidation sites excluding steroid dienone is 1. The molecule has 10 nitrogen and oxygen atoms in total. The molecule has 2 N–H and O–H groups in total. The van der Waals surface area contributed by atoms with Gasteiger partial charge in [0.15, 0.2) is 0 Å². The Morgan fingerprint density at radius 3 is 2.47 bits per heavy atom. The second-order valence-electron chi connectivity index (χ2n) is 13.9. The maximum Gasteiger partial charge on any atom is 0.313 e. The number of nitrogens with zero attached hydrogens (tertiary/aromatic N) is 2. The summed E-state index contributed by atoms with van der Waals surface area (Å²) < 4.78 is 13.0. The molecule has 0 radical (unpaired) electrons. The Morgan fingerprint density at radius 2 is 1.88 bits per heavy atom. The third kappa shape index (κ3) is 7.54. The summed E-state index contributed by atoms with van der Waals surface area (Å²) in [6, 6.07) is 6.76. The summed E-state index contributed by atoms with van der Waals surface area (Å²) in [7, 11) is 0. The standard InChI is InChI=1S/C38H54BrN3O7/c1-8-12-19-29(44)40-25(7)32(26-17-14-13-15-18-26)48-37(47)30-31-35(45)42(28(22-43)23(5)11-4)34(38(31)21-27(39)33(30)49-38)36(46)41(20-10-3)24(6)16-9-2/h8,10,13-15,17-18,23-25,27-28,30-34,43H,1,3,9,11-12,16,19-22H2,2,4-7H3,(H,40,44)/t23-,24?,25+,27?,28-,30-,31+,32+,33-,34-,38+/m0/s1. The molecule has 49 heavy (non-hydrogen) atoms. The molecule has 1 spiro atoms. The van der Waals surface area contributed by atoms with Gasteiger partial charge < -0.3 is 29.7 Å². The van der Waals surface area contributed by atoms with Crippen LogP contribution in [-0.4, -0.2) is 92.4 Å². The van der Waals surface area contributed by atoms with Crippen LogP contribution in [0.5, 0.6) is 0 Å². The van der Waals surface area contributed by atoms with Gasteiger partial charge in [0, 0.05) is 23.8 Å². The molecular formula is C38H54BrN3O7. The van der Waals surface area contributed by atoms with Gasteiger partial charge in [0.05, 0.1) is 36.6 Å². The van der Waals surface area contributed by atoms with Gasteiger partial charge in [-0.05, 0) is 44.6 Å². The smallest absolute Gasteiger partial charge is 0.313 e. The fourth-order valence-electron chi connectivity index (χ4n) is 8.08. The van der Waals surface area contributed by atoms with Crippen LogP contribution in [-0.2, 0) is 28.7 Å². The zero-order chi connectivity index (χ0) is 36.0. The quantitative estimate of drug-likeness (QED) is 0.122. The Kier molecular flexibility index (Phi) is 13.3. The maximum atomic E-state index is 14.8. The highest BCUT2D eigenvalue weighted by molar-refractivity contribution is 9.09. The highest BCUT2D eigenvalue weighted by Crippen LogP contribution is 2.61. The number of carbonyl (C=O) groups excluding carboxylic acids is 4. The molecule has 3 saturated heterocycles. The third-order valence-corrected chi connectivity index (χ3v) is 11.6. The average Bonchev–Trinajstić information content (AvgIpc) is 3.68. The van der Waals surface area contributed by atoms with Gasteiger partial charge in [-0.1, -0.05) is 92.0 Å². The molecule has 0 aliphatic carbocycles. The van der Waals surface area contributed by atoms with Crippen molar-refractivity contribution in [3.63, 3.8) is 0 Å². The number of aliphatic hydroxyl groups is 1. The number of hydrogen-bond donors (Lipinski definition) is 2. The molecule has 3 fully saturated rings. The summed E-state index contributed by atoms with van der Waals surface area (Å²) in [4.78, 5) is 59.7. The van der Waals surface area contributed by atoms with Crippen molar-refractivity contribution in [2.45, 2.75) is 120 Å². The van der Waals surface area contributed by atoms with E-state index < -0.39 is 53.7 Å². The number of hydrogen-bond acceptors (Lipinski definition) is 7. The number of esters is 1. The van der Waals surface area contributed by atoms with Gasteiger partial charge in [0.1, 0.15) is 17.7 Å². The van der Waals surface area contributed by atoms with Crippen molar-refractivity contribution in [2.75, 3.05) is 13.2 Å². The molecule has 1 aromatic rings. The van der Waals surface area contributed by atoms with E-state index in [1.807, 2.05) is 51.1 Å². The van der Waals surface area contributed by atoms with Crippen molar-refractivity contribution in [1.29, 1.82) is 0 Å². The molecule has 11 atom stereocenters. The van der Waals surface area contributed by atoms with Crippen LogP contribution in [0.4, 0.5) is 0 Å². The monoisotopic (exact) mass is 743 g/mol. The van der Waals surface area contributed by atoms with E-state index >= 15 is 0 Å². The molecule has 2 unspecified atom stereocenters. The van der Waals surface area contributed by atoms with E-state index in [2.05, 4.69) is 41.3 Å². The van der Waals surface area contributed by atoms with Crippen molar-refractivity contribution in [3.05, 3.63) is 61.2 Å². The van der Waals surface area contributed by atoms with Crippen LogP contribution < -0.4 is 5.32 Å². The summed E-state index contributed by atoms with van der Waals surface area (Å²) in [5.41, 5.74) is -0.619. The number of ether oxygens (including phenoxy) is 2. The lowest BCUT2D eigenvalue weighted by Gasteiger charge is -2.42. The largest absolute Gasteiger partial charge is 0.455 e. The van der Waals surface area contributed by atoms with Crippen molar-refractivity contribution in [1.82, 2.24) is 15.1 Å². The number of likely N-dealkylation sites (tertiary alicyclic amines) is 1. The van der Waals surface area contributed by atoms with Gasteiger partial charge in [0.2, 0.25) is 17.7 Å². The van der Waals surface area contributed by atoms with Crippen molar-refractivity contribution >= 4 is 39.6 Å². The Morgan fingerprint density at radius 1 is 1.18 bits per heavy atom. The van der Waals surface area contributed by atoms with E-state index in [1.54, 1.807) is 24.0 Å². The fourth-order valence-corrected chi connectivity index (χ4v) is 9.03. The average molecular weight is 745 g/mol. The Hall–Kier alpha value is -3.02. The summed E-state index contributed by atoms with van der Waals surface area (Å²) in [5.74, 6) is -3.62. The first kappa shape index (κ1) is 38.8. The highest BCUT2D eigenvalue weighted by atomic mass is 79.9. The van der Waals surface area contributed by atoms with Gasteiger partial charge in [0.25, 0.3) is 0 Å². The van der Waals surface area contributed by atoms with Crippen LogP contribution in [0.2, 0.25) is 0 Å². The predicted octanol–water partition coefficient (Wildman–Crippen LogP) is 5.10. The van der Waals surface area contributed by atoms with E-state index in [9.17, 15) is 24.3 Å². The number of rotatable bonds is 18. The van der Waals surface area contributed by atoms with Crippen LogP contribution in [0.1, 0.15) is 84.8 Å². The second-order valence-corrected chi connectivity index (χ2v) is 15.1. The van der Waals surface area contributed by atoms with E-state index in [0.29, 0.717) is 24.8 Å². The van der Waals surface area contributed by atoms with Gasteiger partial charge in [-0.25, -0.2) is 0 Å². The minimum atomic E-state index is -1.31. The molecule has 3 aliphatic heterocycles. The van der Waals surface area contributed by atoms with Crippen LogP contribution in [0.3, 0.4) is 0 Å². The molecular weight excluding hydrogens is 690 g/mol. The zero-order valence-electron chi connectivity index (χ0n) is 29.6. The lowest BCUT2D eigenvalue weighted by Crippen LogP contribution is -2.61. The molecule has 11 heteroatoms. The second kappa shape index (κ2) is 16.8. The summed E-state index contributed by atoms with van der Waals surface area (Å²) in [5, 5.41) is 13.7. The number of alkyl halides is 1. The lowest BCUT2D eigenvalue weighted by molar-refractivity contribution is -0.163. The van der Waals surface area contributed by atoms with Crippen molar-refractivity contribution < 1.29 is 33.8 Å². The Bertz CT molecular complexity index is 1360. The summed E-state index contributed by atoms with van der Waals surface area (Å²) >= 11 is 3.75. The molecule has 1 aromatic carbocycles. The first-order valence-electron chi connectivity index (χ1n) is 17.7. The molecule has 0 saturated carbocycles. The number of amides is 3. The van der Waals surface area contributed by atoms with Crippen LogP contribution >= 0.6 is 15.9 Å². The van der Waals surface area contributed by atoms with Gasteiger partial charge in [-0.2, -0.15) is 0 Å². The molecule has 270 valence electrons. The lowest BCUT2D eigenvalue weighted by atomic mass is 9.70. The minimum absolute atomic E-state index is 0.129. The fraction of sp³-hybridized carbons (Fsp3) is 0.632. The molecule has 3 aliphatic rings. The summed E-state index contributed by atoms with van der Waals surface area (Å²) in [6.07, 6.45) is 5.17. The van der Waals surface area contributed by atoms with Crippen molar-refractivity contribution in [2.24, 2.45) is 17.8 Å². The maximum absolute atomic E-state index is 14.8. The number of benzene rings is 1. The summed E-state index contributed by atoms with van der Waals surface area (Å²) in [6.45, 7) is 17.3. The molecule has 3 amide bonds. The Labute approximate surface area is 299 Å². The highest BCUT2D eigenvalue weighted by Gasteiger charge is 2.78. The molecule has 3 heterocycles. The zero-order valence-corrected chi connectivity index (χ0v) is 31.1. The third-order valence-electron chi connectivity index (χ3n) is 10.7. The predicted molar refractivity (Wildman–Crippen MR) is 191 cm³/mol. The van der Waals surface area contributed by atoms with Gasteiger partial charge in [-0.15, -0.1) is 13.2 Å². The first-order valence-corrected chi connectivity index (χ1v) is 18.7. The van der Waals surface area contributed by atoms with Gasteiger partial charge >= 0.3 is 5.97 Å². The number of aliphatic hydroxyl groups excluding tert-OH is 1. The van der Waals surface area contributed by atoms with Crippen LogP contribution in [0.15, 0.2) is 55.6 Å². The number of halogens is 1. The first-order chi connectivity index (χ1) is 23.4. The topological polar surface area (TPSA) is 125 Å². The number of nitrogens with one attached hydrogen (secondary N) is 1. The normalized spacial score (nSPS) is 28.6. The SMILES string of the molecule is C=CCCC(=O)N[C@H](C)[C@@H](OC(=O)[C@@H]1[C@H]2O[C@@]3(CC2Br)[C@H](C(=O)N(CC=C)C(C)CCC)N([C@@H](CO)[C@@H](C)CC)C(=O)[C@@H]13)c1ccccc1. The van der Waals surface area contributed by atoms with E-state index in [-0.39, 0.29) is 54.1 Å². The number of carbonyl (C=O) groups is 4. The van der Waals surface area contributed by atoms with E-state index in [0.717, 1.165) is 12.8 Å². The van der Waals surface area contributed by atoms with Crippen LogP contribution in [0, 0.1) is 17.8 Å². The number of fused-ring (bicyclic) bond motifs is 1.